The molecule has 122 valence electrons. The van der Waals surface area contributed by atoms with Gasteiger partial charge in [0.05, 0.1) is 24.0 Å². The normalized spacial score (nSPS) is 15.7. The molecule has 0 saturated heterocycles. The van der Waals surface area contributed by atoms with Gasteiger partial charge in [-0.1, -0.05) is 0 Å². The molecule has 1 aliphatic heterocycles. The second-order valence-electron chi connectivity index (χ2n) is 5.72. The maximum atomic E-state index is 12.8. The quantitative estimate of drug-likeness (QED) is 0.895. The Kier molecular flexibility index (Phi) is 4.29. The molecule has 0 bridgehead atoms. The van der Waals surface area contributed by atoms with Crippen molar-refractivity contribution in [3.05, 3.63) is 41.3 Å². The number of carbonyl (C=O) groups is 1. The average Bonchev–Trinajstić information content (AvgIpc) is 2.86. The van der Waals surface area contributed by atoms with Gasteiger partial charge in [-0.2, -0.15) is 5.10 Å². The van der Waals surface area contributed by atoms with Crippen LogP contribution < -0.4 is 5.32 Å². The van der Waals surface area contributed by atoms with E-state index in [1.165, 1.54) is 0 Å². The number of anilines is 1. The van der Waals surface area contributed by atoms with Crippen LogP contribution in [0.15, 0.2) is 24.4 Å². The Hall–Kier alpha value is -2.41. The van der Waals surface area contributed by atoms with Gasteiger partial charge in [-0.15, -0.1) is 0 Å². The van der Waals surface area contributed by atoms with E-state index in [1.807, 2.05) is 15.6 Å². The number of nitrogens with zero attached hydrogens (tertiary/aromatic N) is 4. The van der Waals surface area contributed by atoms with E-state index < -0.39 is 6.10 Å². The van der Waals surface area contributed by atoms with Crippen LogP contribution in [0.5, 0.6) is 0 Å². The van der Waals surface area contributed by atoms with Crippen LogP contribution in [0.2, 0.25) is 0 Å². The van der Waals surface area contributed by atoms with Crippen molar-refractivity contribution in [3.8, 4) is 0 Å². The highest BCUT2D eigenvalue weighted by atomic mass is 16.3. The van der Waals surface area contributed by atoms with E-state index in [0.717, 1.165) is 18.7 Å². The van der Waals surface area contributed by atoms with Crippen molar-refractivity contribution in [2.45, 2.75) is 32.5 Å². The maximum absolute atomic E-state index is 12.8. The number of fused-ring (bicyclic) bond motifs is 1. The zero-order chi connectivity index (χ0) is 16.4. The molecule has 0 spiro atoms. The van der Waals surface area contributed by atoms with Crippen molar-refractivity contribution in [2.75, 3.05) is 18.9 Å². The molecule has 0 fully saturated rings. The van der Waals surface area contributed by atoms with Gasteiger partial charge in [0.25, 0.3) is 5.91 Å². The summed E-state index contributed by atoms with van der Waals surface area (Å²) in [6.45, 7) is 3.63. The Balaban J connectivity index is 1.83. The fraction of sp³-hybridized carbons (Fsp3) is 0.438. The summed E-state index contributed by atoms with van der Waals surface area (Å²) in [5.74, 6) is 0.657. The Morgan fingerprint density at radius 3 is 2.96 bits per heavy atom. The van der Waals surface area contributed by atoms with Crippen LogP contribution in [0.25, 0.3) is 0 Å². The molecule has 1 atom stereocenters. The van der Waals surface area contributed by atoms with Crippen molar-refractivity contribution in [1.29, 1.82) is 0 Å². The molecule has 7 heteroatoms. The Morgan fingerprint density at radius 1 is 1.39 bits per heavy atom. The number of aliphatic hydroxyl groups excluding tert-OH is 1. The third kappa shape index (κ3) is 3.19. The molecule has 0 radical (unpaired) electrons. The molecule has 1 amide bonds. The van der Waals surface area contributed by atoms with E-state index in [-0.39, 0.29) is 5.91 Å². The number of hydrogen-bond acceptors (Lipinski definition) is 5. The first-order valence-corrected chi connectivity index (χ1v) is 7.76. The second-order valence-corrected chi connectivity index (χ2v) is 5.72. The van der Waals surface area contributed by atoms with Crippen molar-refractivity contribution >= 4 is 11.7 Å². The number of aryl methyl sites for hydroxylation is 1. The van der Waals surface area contributed by atoms with Gasteiger partial charge in [-0.3, -0.25) is 9.48 Å². The zero-order valence-electron chi connectivity index (χ0n) is 13.4. The molecule has 0 aromatic carbocycles. The number of nitrogens with one attached hydrogen (secondary N) is 1. The van der Waals surface area contributed by atoms with Crippen LogP contribution in [0.4, 0.5) is 5.82 Å². The number of carbonyl (C=O) groups excluding carboxylic acids is 1. The van der Waals surface area contributed by atoms with E-state index >= 15 is 0 Å². The SMILES string of the molecule is CNc1cc(C(=O)N2CCCn3nc([C@H](C)O)cc3C2)ccn1. The number of aliphatic hydroxyl groups is 1. The smallest absolute Gasteiger partial charge is 0.254 e. The lowest BCUT2D eigenvalue weighted by Crippen LogP contribution is -2.30. The van der Waals surface area contributed by atoms with E-state index in [2.05, 4.69) is 15.4 Å². The lowest BCUT2D eigenvalue weighted by molar-refractivity contribution is 0.0745. The van der Waals surface area contributed by atoms with E-state index in [1.54, 1.807) is 32.3 Å². The van der Waals surface area contributed by atoms with Gasteiger partial charge in [0.15, 0.2) is 0 Å². The predicted molar refractivity (Wildman–Crippen MR) is 86.0 cm³/mol. The van der Waals surface area contributed by atoms with Gasteiger partial charge in [0.2, 0.25) is 0 Å². The zero-order valence-corrected chi connectivity index (χ0v) is 13.4. The fourth-order valence-corrected chi connectivity index (χ4v) is 2.74. The first kappa shape index (κ1) is 15.5. The molecule has 0 aliphatic carbocycles. The largest absolute Gasteiger partial charge is 0.387 e. The van der Waals surface area contributed by atoms with E-state index in [9.17, 15) is 9.90 Å². The number of amides is 1. The molecular formula is C16H21N5O2. The summed E-state index contributed by atoms with van der Waals surface area (Å²) in [4.78, 5) is 18.7. The topological polar surface area (TPSA) is 83.3 Å². The summed E-state index contributed by atoms with van der Waals surface area (Å²) in [7, 11) is 1.78. The molecule has 0 saturated carbocycles. The third-order valence-electron chi connectivity index (χ3n) is 4.01. The lowest BCUT2D eigenvalue weighted by atomic mass is 10.2. The third-order valence-corrected chi connectivity index (χ3v) is 4.01. The Bertz CT molecular complexity index is 710. The number of pyridine rings is 1. The molecule has 3 rings (SSSR count). The highest BCUT2D eigenvalue weighted by Gasteiger charge is 2.22. The van der Waals surface area contributed by atoms with Crippen molar-refractivity contribution in [2.24, 2.45) is 0 Å². The summed E-state index contributed by atoms with van der Waals surface area (Å²) in [5.41, 5.74) is 2.22. The molecule has 23 heavy (non-hydrogen) atoms. The monoisotopic (exact) mass is 315 g/mol. The van der Waals surface area contributed by atoms with Gasteiger partial charge in [-0.25, -0.2) is 4.98 Å². The number of aromatic nitrogens is 3. The minimum Gasteiger partial charge on any atom is -0.387 e. The van der Waals surface area contributed by atoms with Crippen molar-refractivity contribution < 1.29 is 9.90 Å². The highest BCUT2D eigenvalue weighted by Crippen LogP contribution is 2.19. The van der Waals surface area contributed by atoms with Crippen LogP contribution in [-0.4, -0.2) is 44.3 Å². The van der Waals surface area contributed by atoms with Crippen molar-refractivity contribution in [1.82, 2.24) is 19.7 Å². The van der Waals surface area contributed by atoms with Crippen LogP contribution >= 0.6 is 0 Å². The molecule has 1 aliphatic rings. The van der Waals surface area contributed by atoms with Gasteiger partial charge in [0.1, 0.15) is 5.82 Å². The number of hydrogen-bond donors (Lipinski definition) is 2. The summed E-state index contributed by atoms with van der Waals surface area (Å²) in [6, 6.07) is 5.36. The standard InChI is InChI=1S/C16H21N5O2/c1-11(22)14-9-13-10-20(6-3-7-21(13)19-14)16(23)12-4-5-18-15(8-12)17-2/h4-5,8-9,11,22H,3,6-7,10H2,1-2H3,(H,17,18)/t11-/m0/s1. The van der Waals surface area contributed by atoms with Crippen LogP contribution in [0.1, 0.15) is 41.2 Å². The molecule has 2 N–H and O–H groups in total. The van der Waals surface area contributed by atoms with Gasteiger partial charge in [-0.05, 0) is 31.5 Å². The summed E-state index contributed by atoms with van der Waals surface area (Å²) in [5, 5.41) is 17.0. The van der Waals surface area contributed by atoms with Gasteiger partial charge >= 0.3 is 0 Å². The first-order chi connectivity index (χ1) is 11.1. The highest BCUT2D eigenvalue weighted by molar-refractivity contribution is 5.94. The molecule has 2 aromatic heterocycles. The fourth-order valence-electron chi connectivity index (χ4n) is 2.74. The van der Waals surface area contributed by atoms with E-state index in [4.69, 9.17) is 0 Å². The maximum Gasteiger partial charge on any atom is 0.254 e. The second kappa shape index (κ2) is 6.37. The molecule has 2 aromatic rings. The van der Waals surface area contributed by atoms with Gasteiger partial charge in [0, 0.05) is 31.9 Å². The van der Waals surface area contributed by atoms with E-state index in [0.29, 0.717) is 30.2 Å². The summed E-state index contributed by atoms with van der Waals surface area (Å²) < 4.78 is 1.89. The summed E-state index contributed by atoms with van der Waals surface area (Å²) in [6.07, 6.45) is 1.87. The van der Waals surface area contributed by atoms with Crippen LogP contribution in [-0.2, 0) is 13.1 Å². The lowest BCUT2D eigenvalue weighted by Gasteiger charge is -2.20. The number of rotatable bonds is 3. The predicted octanol–water partition coefficient (Wildman–Crippen LogP) is 1.42. The Labute approximate surface area is 134 Å². The average molecular weight is 315 g/mol. The van der Waals surface area contributed by atoms with Crippen LogP contribution in [0.3, 0.4) is 0 Å². The minimum absolute atomic E-state index is 0.0165. The molecule has 3 heterocycles. The van der Waals surface area contributed by atoms with Gasteiger partial charge < -0.3 is 15.3 Å². The Morgan fingerprint density at radius 2 is 2.22 bits per heavy atom. The molecular weight excluding hydrogens is 294 g/mol. The minimum atomic E-state index is -0.600. The van der Waals surface area contributed by atoms with Crippen LogP contribution in [0, 0.1) is 0 Å². The summed E-state index contributed by atoms with van der Waals surface area (Å²) >= 11 is 0. The molecule has 0 unspecified atom stereocenters. The first-order valence-electron chi connectivity index (χ1n) is 7.76. The van der Waals surface area contributed by atoms with Crippen molar-refractivity contribution in [3.63, 3.8) is 0 Å². The molecule has 7 nitrogen and oxygen atoms in total.